The van der Waals surface area contributed by atoms with Crippen molar-refractivity contribution in [2.75, 3.05) is 11.1 Å². The lowest BCUT2D eigenvalue weighted by molar-refractivity contribution is -0.129. The van der Waals surface area contributed by atoms with Crippen LogP contribution >= 0.6 is 0 Å². The molecular formula is C14H20N2O2. The SMILES string of the molecule is CC1(C)Oc2cc(C(C)(C)C)cc(N)c2NC1=O. The molecular weight excluding hydrogens is 228 g/mol. The topological polar surface area (TPSA) is 64.3 Å². The number of nitrogen functional groups attached to an aromatic ring is 1. The summed E-state index contributed by atoms with van der Waals surface area (Å²) in [6.45, 7) is 9.82. The van der Waals surface area contributed by atoms with Gasteiger partial charge in [0.05, 0.1) is 5.69 Å². The van der Waals surface area contributed by atoms with E-state index in [1.54, 1.807) is 13.8 Å². The minimum absolute atomic E-state index is 0.0158. The van der Waals surface area contributed by atoms with Crippen LogP contribution in [0.3, 0.4) is 0 Å². The van der Waals surface area contributed by atoms with Crippen LogP contribution in [0.4, 0.5) is 11.4 Å². The van der Waals surface area contributed by atoms with E-state index < -0.39 is 5.60 Å². The highest BCUT2D eigenvalue weighted by Gasteiger charge is 2.36. The van der Waals surface area contributed by atoms with Crippen LogP contribution in [-0.2, 0) is 10.2 Å². The zero-order valence-electron chi connectivity index (χ0n) is 11.5. The van der Waals surface area contributed by atoms with Gasteiger partial charge in [0.15, 0.2) is 5.60 Å². The minimum Gasteiger partial charge on any atom is -0.476 e. The number of hydrogen-bond donors (Lipinski definition) is 2. The van der Waals surface area contributed by atoms with Crippen LogP contribution < -0.4 is 15.8 Å². The van der Waals surface area contributed by atoms with Gasteiger partial charge in [0.2, 0.25) is 0 Å². The van der Waals surface area contributed by atoms with Gasteiger partial charge in [-0.1, -0.05) is 20.8 Å². The van der Waals surface area contributed by atoms with Gasteiger partial charge < -0.3 is 15.8 Å². The Bertz CT molecular complexity index is 513. The molecule has 98 valence electrons. The van der Waals surface area contributed by atoms with Gasteiger partial charge in [0, 0.05) is 0 Å². The summed E-state index contributed by atoms with van der Waals surface area (Å²) in [5, 5.41) is 2.81. The van der Waals surface area contributed by atoms with Gasteiger partial charge >= 0.3 is 0 Å². The van der Waals surface area contributed by atoms with E-state index in [0.717, 1.165) is 5.56 Å². The number of carbonyl (C=O) groups is 1. The van der Waals surface area contributed by atoms with E-state index in [-0.39, 0.29) is 11.3 Å². The van der Waals surface area contributed by atoms with E-state index >= 15 is 0 Å². The second-order valence-corrected chi connectivity index (χ2v) is 6.26. The molecule has 18 heavy (non-hydrogen) atoms. The molecule has 1 heterocycles. The van der Waals surface area contributed by atoms with E-state index in [9.17, 15) is 4.79 Å². The third kappa shape index (κ3) is 2.03. The third-order valence-electron chi connectivity index (χ3n) is 3.15. The molecule has 1 aliphatic rings. The zero-order valence-corrected chi connectivity index (χ0v) is 11.5. The molecule has 0 aliphatic carbocycles. The molecule has 1 aromatic carbocycles. The number of hydrogen-bond acceptors (Lipinski definition) is 3. The molecule has 0 bridgehead atoms. The monoisotopic (exact) mass is 248 g/mol. The second kappa shape index (κ2) is 3.64. The van der Waals surface area contributed by atoms with E-state index in [2.05, 4.69) is 26.1 Å². The average Bonchev–Trinajstić information content (AvgIpc) is 2.19. The lowest BCUT2D eigenvalue weighted by Gasteiger charge is -2.33. The highest BCUT2D eigenvalue weighted by Crippen LogP contribution is 2.41. The number of nitrogens with one attached hydrogen (secondary N) is 1. The van der Waals surface area contributed by atoms with E-state index in [1.807, 2.05) is 12.1 Å². The quantitative estimate of drug-likeness (QED) is 0.694. The molecule has 2 rings (SSSR count). The molecule has 1 amide bonds. The number of nitrogens with two attached hydrogens (primary N) is 1. The first kappa shape index (κ1) is 12.7. The Morgan fingerprint density at radius 2 is 1.89 bits per heavy atom. The smallest absolute Gasteiger partial charge is 0.268 e. The van der Waals surface area contributed by atoms with Crippen molar-refractivity contribution in [1.29, 1.82) is 0 Å². The summed E-state index contributed by atoms with van der Waals surface area (Å²) in [5.74, 6) is 0.467. The lowest BCUT2D eigenvalue weighted by atomic mass is 9.86. The number of rotatable bonds is 0. The third-order valence-corrected chi connectivity index (χ3v) is 3.15. The van der Waals surface area contributed by atoms with Crippen LogP contribution in [0.25, 0.3) is 0 Å². The van der Waals surface area contributed by atoms with Gasteiger partial charge in [0.1, 0.15) is 11.4 Å². The molecule has 4 nitrogen and oxygen atoms in total. The number of fused-ring (bicyclic) bond motifs is 1. The lowest BCUT2D eigenvalue weighted by Crippen LogP contribution is -2.46. The fourth-order valence-corrected chi connectivity index (χ4v) is 1.87. The normalized spacial score (nSPS) is 17.7. The molecule has 3 N–H and O–H groups in total. The Hall–Kier alpha value is -1.71. The van der Waals surface area contributed by atoms with Gasteiger partial charge in [-0.05, 0) is 37.0 Å². The molecule has 0 spiro atoms. The summed E-state index contributed by atoms with van der Waals surface area (Å²) in [5.41, 5.74) is 7.32. The molecule has 1 aromatic rings. The largest absolute Gasteiger partial charge is 0.476 e. The van der Waals surface area contributed by atoms with Gasteiger partial charge in [-0.15, -0.1) is 0 Å². The molecule has 0 atom stereocenters. The maximum Gasteiger partial charge on any atom is 0.268 e. The number of benzene rings is 1. The van der Waals surface area contributed by atoms with Crippen molar-refractivity contribution in [3.8, 4) is 5.75 Å². The number of ether oxygens (including phenoxy) is 1. The molecule has 0 saturated heterocycles. The van der Waals surface area contributed by atoms with Gasteiger partial charge in [-0.3, -0.25) is 4.79 Å². The first-order chi connectivity index (χ1) is 8.11. The van der Waals surface area contributed by atoms with Crippen molar-refractivity contribution < 1.29 is 9.53 Å². The zero-order chi connectivity index (χ0) is 13.7. The summed E-state index contributed by atoms with van der Waals surface area (Å²) < 4.78 is 5.76. The number of carbonyl (C=O) groups excluding carboxylic acids is 1. The van der Waals surface area contributed by atoms with Crippen LogP contribution in [0.1, 0.15) is 40.2 Å². The fourth-order valence-electron chi connectivity index (χ4n) is 1.87. The fraction of sp³-hybridized carbons (Fsp3) is 0.500. The first-order valence-electron chi connectivity index (χ1n) is 6.06. The summed E-state index contributed by atoms with van der Waals surface area (Å²) in [7, 11) is 0. The van der Waals surface area contributed by atoms with E-state index in [0.29, 0.717) is 17.1 Å². The van der Waals surface area contributed by atoms with Crippen molar-refractivity contribution in [3.63, 3.8) is 0 Å². The Morgan fingerprint density at radius 3 is 2.44 bits per heavy atom. The standard InChI is InChI=1S/C14H20N2O2/c1-13(2,3)8-6-9(15)11-10(7-8)18-14(4,5)12(17)16-11/h6-7H,15H2,1-5H3,(H,16,17). The molecule has 0 aromatic heterocycles. The summed E-state index contributed by atoms with van der Waals surface area (Å²) >= 11 is 0. The van der Waals surface area contributed by atoms with Gasteiger partial charge in [0.25, 0.3) is 5.91 Å². The van der Waals surface area contributed by atoms with Crippen LogP contribution in [0.2, 0.25) is 0 Å². The van der Waals surface area contributed by atoms with Crippen molar-refractivity contribution in [3.05, 3.63) is 17.7 Å². The molecule has 0 fully saturated rings. The van der Waals surface area contributed by atoms with E-state index in [1.165, 1.54) is 0 Å². The Kier molecular flexibility index (Phi) is 2.58. The Labute approximate surface area is 108 Å². The van der Waals surface area contributed by atoms with Crippen molar-refractivity contribution in [1.82, 2.24) is 0 Å². The van der Waals surface area contributed by atoms with Crippen molar-refractivity contribution >= 4 is 17.3 Å². The highest BCUT2D eigenvalue weighted by atomic mass is 16.5. The molecule has 0 radical (unpaired) electrons. The predicted octanol–water partition coefficient (Wildman–Crippen LogP) is 2.68. The van der Waals surface area contributed by atoms with Crippen LogP contribution in [0, 0.1) is 0 Å². The van der Waals surface area contributed by atoms with Gasteiger partial charge in [-0.25, -0.2) is 0 Å². The van der Waals surface area contributed by atoms with Crippen LogP contribution in [0.5, 0.6) is 5.75 Å². The molecule has 0 unspecified atom stereocenters. The predicted molar refractivity (Wildman–Crippen MR) is 72.9 cm³/mol. The Balaban J connectivity index is 2.55. The number of anilines is 2. The molecule has 1 aliphatic heterocycles. The molecule has 0 saturated carbocycles. The number of amides is 1. The minimum atomic E-state index is -0.865. The summed E-state index contributed by atoms with van der Waals surface area (Å²) in [6, 6.07) is 3.84. The average molecular weight is 248 g/mol. The second-order valence-electron chi connectivity index (χ2n) is 6.26. The molecule has 4 heteroatoms. The Morgan fingerprint density at radius 1 is 1.28 bits per heavy atom. The van der Waals surface area contributed by atoms with E-state index in [4.69, 9.17) is 10.5 Å². The summed E-state index contributed by atoms with van der Waals surface area (Å²) in [6.07, 6.45) is 0. The maximum atomic E-state index is 11.8. The highest BCUT2D eigenvalue weighted by molar-refractivity contribution is 6.03. The maximum absolute atomic E-state index is 11.8. The van der Waals surface area contributed by atoms with Crippen molar-refractivity contribution in [2.45, 2.75) is 45.6 Å². The summed E-state index contributed by atoms with van der Waals surface area (Å²) in [4.78, 5) is 11.8. The van der Waals surface area contributed by atoms with Gasteiger partial charge in [-0.2, -0.15) is 0 Å². The first-order valence-corrected chi connectivity index (χ1v) is 6.06. The van der Waals surface area contributed by atoms with Crippen LogP contribution in [-0.4, -0.2) is 11.5 Å². The van der Waals surface area contributed by atoms with Crippen molar-refractivity contribution in [2.24, 2.45) is 0 Å². The van der Waals surface area contributed by atoms with Crippen LogP contribution in [0.15, 0.2) is 12.1 Å².